The number of benzene rings is 1. The second-order valence-corrected chi connectivity index (χ2v) is 7.51. The normalized spacial score (nSPS) is 15.2. The lowest BCUT2D eigenvalue weighted by molar-refractivity contribution is -0.130. The fourth-order valence-electron chi connectivity index (χ4n) is 2.84. The first kappa shape index (κ1) is 17.0. The molecule has 2 aromatic rings. The van der Waals surface area contributed by atoms with Crippen molar-refractivity contribution >= 4 is 34.8 Å². The van der Waals surface area contributed by atoms with E-state index in [1.165, 1.54) is 11.3 Å². The summed E-state index contributed by atoms with van der Waals surface area (Å²) < 4.78 is 0.618. The number of hydrogen-bond acceptors (Lipinski definition) is 3. The van der Waals surface area contributed by atoms with Crippen molar-refractivity contribution in [3.63, 3.8) is 0 Å². The fraction of sp³-hybridized carbons (Fsp3) is 0.333. The lowest BCUT2D eigenvalue weighted by Gasteiger charge is -2.22. The smallest absolute Gasteiger partial charge is 0.264 e. The van der Waals surface area contributed by atoms with E-state index in [1.54, 1.807) is 12.1 Å². The molecule has 0 saturated carbocycles. The Labute approximate surface area is 150 Å². The zero-order chi connectivity index (χ0) is 16.9. The number of halogens is 1. The number of thiophene rings is 1. The van der Waals surface area contributed by atoms with E-state index in [0.29, 0.717) is 41.8 Å². The summed E-state index contributed by atoms with van der Waals surface area (Å²) in [6.45, 7) is 2.51. The van der Waals surface area contributed by atoms with Crippen LogP contribution >= 0.6 is 22.9 Å². The summed E-state index contributed by atoms with van der Waals surface area (Å²) in [4.78, 5) is 29.3. The highest BCUT2D eigenvalue weighted by Crippen LogP contribution is 2.23. The summed E-state index contributed by atoms with van der Waals surface area (Å²) >= 11 is 7.21. The van der Waals surface area contributed by atoms with E-state index in [4.69, 9.17) is 11.6 Å². The molecule has 0 aliphatic carbocycles. The van der Waals surface area contributed by atoms with Gasteiger partial charge in [-0.05, 0) is 24.1 Å². The standard InChI is InChI=1S/C18H19ClN2O2S/c19-16-8-7-15(24-16)18(23)21-10-4-9-20(11-12-21)17(22)13-14-5-2-1-3-6-14/h1-3,5-8H,4,9-13H2. The SMILES string of the molecule is O=C(Cc1ccccc1)N1CCCN(C(=O)c2ccc(Cl)s2)CC1. The third kappa shape index (κ3) is 4.16. The molecule has 1 aromatic heterocycles. The summed E-state index contributed by atoms with van der Waals surface area (Å²) in [7, 11) is 0. The largest absolute Gasteiger partial charge is 0.341 e. The van der Waals surface area contributed by atoms with Crippen LogP contribution in [0.1, 0.15) is 21.7 Å². The van der Waals surface area contributed by atoms with Gasteiger partial charge in [-0.1, -0.05) is 41.9 Å². The molecule has 4 nitrogen and oxygen atoms in total. The second-order valence-electron chi connectivity index (χ2n) is 5.79. The molecule has 0 N–H and O–H groups in total. The van der Waals surface area contributed by atoms with Gasteiger partial charge < -0.3 is 9.80 Å². The first-order valence-electron chi connectivity index (χ1n) is 8.00. The minimum Gasteiger partial charge on any atom is -0.341 e. The third-order valence-electron chi connectivity index (χ3n) is 4.12. The van der Waals surface area contributed by atoms with E-state index >= 15 is 0 Å². The Kier molecular flexibility index (Phi) is 5.53. The Morgan fingerprint density at radius 1 is 0.958 bits per heavy atom. The molecule has 3 rings (SSSR count). The molecule has 126 valence electrons. The van der Waals surface area contributed by atoms with Gasteiger partial charge in [0, 0.05) is 26.2 Å². The van der Waals surface area contributed by atoms with Gasteiger partial charge >= 0.3 is 0 Å². The van der Waals surface area contributed by atoms with Crippen molar-refractivity contribution in [2.75, 3.05) is 26.2 Å². The van der Waals surface area contributed by atoms with Crippen molar-refractivity contribution in [2.24, 2.45) is 0 Å². The summed E-state index contributed by atoms with van der Waals surface area (Å²) in [6.07, 6.45) is 1.21. The highest BCUT2D eigenvalue weighted by atomic mass is 35.5. The van der Waals surface area contributed by atoms with Crippen LogP contribution < -0.4 is 0 Å². The molecule has 2 amide bonds. The van der Waals surface area contributed by atoms with Gasteiger partial charge in [-0.15, -0.1) is 11.3 Å². The van der Waals surface area contributed by atoms with Gasteiger partial charge in [0.05, 0.1) is 15.6 Å². The Hall–Kier alpha value is -1.85. The van der Waals surface area contributed by atoms with Crippen LogP contribution in [0.15, 0.2) is 42.5 Å². The molecule has 2 heterocycles. The summed E-state index contributed by atoms with van der Waals surface area (Å²) in [5.41, 5.74) is 1.02. The molecule has 24 heavy (non-hydrogen) atoms. The minimum absolute atomic E-state index is 0.00394. The Bertz CT molecular complexity index is 717. The van der Waals surface area contributed by atoms with Gasteiger partial charge in [-0.25, -0.2) is 0 Å². The summed E-state index contributed by atoms with van der Waals surface area (Å²) in [5, 5.41) is 0. The van der Waals surface area contributed by atoms with Gasteiger partial charge in [0.1, 0.15) is 0 Å². The van der Waals surface area contributed by atoms with Gasteiger partial charge in [0.2, 0.25) is 5.91 Å². The summed E-state index contributed by atoms with van der Waals surface area (Å²) in [5.74, 6) is 0.124. The van der Waals surface area contributed by atoms with E-state index in [2.05, 4.69) is 0 Å². The molecule has 1 aliphatic rings. The molecule has 0 unspecified atom stereocenters. The average Bonchev–Trinajstić information content (AvgIpc) is 2.87. The monoisotopic (exact) mass is 362 g/mol. The third-order valence-corrected chi connectivity index (χ3v) is 5.34. The van der Waals surface area contributed by atoms with Crippen molar-refractivity contribution in [3.8, 4) is 0 Å². The Morgan fingerprint density at radius 3 is 2.38 bits per heavy atom. The van der Waals surface area contributed by atoms with Crippen molar-refractivity contribution in [1.29, 1.82) is 0 Å². The molecule has 1 aromatic carbocycles. The maximum atomic E-state index is 12.5. The minimum atomic E-state index is 0.00394. The highest BCUT2D eigenvalue weighted by Gasteiger charge is 2.23. The molecule has 0 bridgehead atoms. The molecule has 1 saturated heterocycles. The number of nitrogens with zero attached hydrogens (tertiary/aromatic N) is 2. The number of amides is 2. The van der Waals surface area contributed by atoms with Crippen LogP contribution in [0.4, 0.5) is 0 Å². The average molecular weight is 363 g/mol. The Balaban J connectivity index is 1.58. The van der Waals surface area contributed by atoms with Crippen LogP contribution in [0.25, 0.3) is 0 Å². The van der Waals surface area contributed by atoms with Crippen LogP contribution in [-0.4, -0.2) is 47.8 Å². The number of carbonyl (C=O) groups excluding carboxylic acids is 2. The molecule has 1 fully saturated rings. The van der Waals surface area contributed by atoms with Crippen LogP contribution in [0, 0.1) is 0 Å². The fourth-order valence-corrected chi connectivity index (χ4v) is 3.85. The van der Waals surface area contributed by atoms with E-state index in [1.807, 2.05) is 40.1 Å². The van der Waals surface area contributed by atoms with E-state index in [-0.39, 0.29) is 11.8 Å². The molecule has 0 radical (unpaired) electrons. The molecular weight excluding hydrogens is 344 g/mol. The van der Waals surface area contributed by atoms with Crippen molar-refractivity contribution in [2.45, 2.75) is 12.8 Å². The zero-order valence-electron chi connectivity index (χ0n) is 13.3. The Morgan fingerprint density at radius 2 is 1.67 bits per heavy atom. The maximum Gasteiger partial charge on any atom is 0.264 e. The number of rotatable bonds is 3. The first-order valence-corrected chi connectivity index (χ1v) is 9.19. The van der Waals surface area contributed by atoms with Crippen LogP contribution in [0.2, 0.25) is 4.34 Å². The predicted molar refractivity (Wildman–Crippen MR) is 96.6 cm³/mol. The van der Waals surface area contributed by atoms with E-state index in [0.717, 1.165) is 12.0 Å². The van der Waals surface area contributed by atoms with Gasteiger partial charge in [-0.3, -0.25) is 9.59 Å². The van der Waals surface area contributed by atoms with Gasteiger partial charge in [0.15, 0.2) is 0 Å². The second kappa shape index (κ2) is 7.81. The number of carbonyl (C=O) groups is 2. The quantitative estimate of drug-likeness (QED) is 0.840. The molecule has 1 aliphatic heterocycles. The molecule has 6 heteroatoms. The molecular formula is C18H19ClN2O2S. The predicted octanol–water partition coefficient (Wildman–Crippen LogP) is 3.32. The lowest BCUT2D eigenvalue weighted by atomic mass is 10.1. The van der Waals surface area contributed by atoms with Crippen molar-refractivity contribution in [1.82, 2.24) is 9.80 Å². The van der Waals surface area contributed by atoms with Gasteiger partial charge in [-0.2, -0.15) is 0 Å². The number of hydrogen-bond donors (Lipinski definition) is 0. The zero-order valence-corrected chi connectivity index (χ0v) is 14.9. The van der Waals surface area contributed by atoms with E-state index < -0.39 is 0 Å². The highest BCUT2D eigenvalue weighted by molar-refractivity contribution is 7.17. The lowest BCUT2D eigenvalue weighted by Crippen LogP contribution is -2.37. The first-order chi connectivity index (χ1) is 11.6. The maximum absolute atomic E-state index is 12.5. The van der Waals surface area contributed by atoms with Gasteiger partial charge in [0.25, 0.3) is 5.91 Å². The van der Waals surface area contributed by atoms with Crippen molar-refractivity contribution in [3.05, 3.63) is 57.2 Å². The molecule has 0 spiro atoms. The van der Waals surface area contributed by atoms with E-state index in [9.17, 15) is 9.59 Å². The molecule has 0 atom stereocenters. The van der Waals surface area contributed by atoms with Crippen LogP contribution in [0.5, 0.6) is 0 Å². The summed E-state index contributed by atoms with van der Waals surface area (Å²) in [6, 6.07) is 13.3. The van der Waals surface area contributed by atoms with Crippen molar-refractivity contribution < 1.29 is 9.59 Å². The topological polar surface area (TPSA) is 40.6 Å². The van der Waals surface area contributed by atoms with Crippen LogP contribution in [0.3, 0.4) is 0 Å². The van der Waals surface area contributed by atoms with Crippen LogP contribution in [-0.2, 0) is 11.2 Å².